The topological polar surface area (TPSA) is 88.2 Å². The van der Waals surface area contributed by atoms with Gasteiger partial charge >= 0.3 is 6.03 Å². The first-order chi connectivity index (χ1) is 14.5. The van der Waals surface area contributed by atoms with E-state index in [-0.39, 0.29) is 17.1 Å². The summed E-state index contributed by atoms with van der Waals surface area (Å²) >= 11 is 5.57. The Morgan fingerprint density at radius 1 is 0.833 bits per heavy atom. The van der Waals surface area contributed by atoms with Crippen molar-refractivity contribution in [3.05, 3.63) is 76.4 Å². The SMILES string of the molecule is CCN1C(=O)C(=C(c2ccc(C#N)cc2)c2ccc(C#N)cc2)C(=S)N(CC)C1=O. The maximum Gasteiger partial charge on any atom is 0.332 e. The van der Waals surface area contributed by atoms with Crippen molar-refractivity contribution in [2.24, 2.45) is 0 Å². The Balaban J connectivity index is 2.32. The first-order valence-electron chi connectivity index (χ1n) is 9.39. The third-order valence-electron chi connectivity index (χ3n) is 4.87. The van der Waals surface area contributed by atoms with Gasteiger partial charge in [-0.05, 0) is 49.2 Å². The summed E-state index contributed by atoms with van der Waals surface area (Å²) in [6.45, 7) is 4.08. The second kappa shape index (κ2) is 8.69. The maximum absolute atomic E-state index is 13.3. The normalized spacial score (nSPS) is 13.9. The molecule has 0 unspecified atom stereocenters. The van der Waals surface area contributed by atoms with Crippen LogP contribution >= 0.6 is 12.2 Å². The molecule has 0 bridgehead atoms. The van der Waals surface area contributed by atoms with Crippen molar-refractivity contribution in [3.63, 3.8) is 0 Å². The van der Waals surface area contributed by atoms with Crippen LogP contribution < -0.4 is 0 Å². The van der Waals surface area contributed by atoms with Gasteiger partial charge in [-0.15, -0.1) is 0 Å². The lowest BCUT2D eigenvalue weighted by atomic mass is 9.90. The molecule has 1 saturated heterocycles. The highest BCUT2D eigenvalue weighted by atomic mass is 32.1. The van der Waals surface area contributed by atoms with E-state index >= 15 is 0 Å². The van der Waals surface area contributed by atoms with Crippen LogP contribution in [0.25, 0.3) is 5.57 Å². The van der Waals surface area contributed by atoms with E-state index in [1.807, 2.05) is 0 Å². The van der Waals surface area contributed by atoms with Crippen LogP contribution in [0.15, 0.2) is 54.1 Å². The van der Waals surface area contributed by atoms with Gasteiger partial charge in [-0.1, -0.05) is 36.5 Å². The van der Waals surface area contributed by atoms with Crippen molar-refractivity contribution < 1.29 is 9.59 Å². The minimum atomic E-state index is -0.457. The Hall–Kier alpha value is -3.81. The average Bonchev–Trinajstić information content (AvgIpc) is 2.77. The minimum Gasteiger partial charge on any atom is -0.284 e. The quantitative estimate of drug-likeness (QED) is 0.560. The molecule has 0 radical (unpaired) electrons. The van der Waals surface area contributed by atoms with E-state index < -0.39 is 11.9 Å². The monoisotopic (exact) mass is 414 g/mol. The van der Waals surface area contributed by atoms with Crippen molar-refractivity contribution in [3.8, 4) is 12.1 Å². The van der Waals surface area contributed by atoms with Crippen LogP contribution in [0.3, 0.4) is 0 Å². The zero-order valence-corrected chi connectivity index (χ0v) is 17.4. The van der Waals surface area contributed by atoms with Crippen LogP contribution in [-0.4, -0.2) is 39.8 Å². The van der Waals surface area contributed by atoms with Gasteiger partial charge in [-0.3, -0.25) is 14.6 Å². The van der Waals surface area contributed by atoms with E-state index in [4.69, 9.17) is 22.7 Å². The second-order valence-electron chi connectivity index (χ2n) is 6.51. The fourth-order valence-electron chi connectivity index (χ4n) is 3.33. The fraction of sp³-hybridized carbons (Fsp3) is 0.174. The molecule has 3 rings (SSSR count). The lowest BCUT2D eigenvalue weighted by Crippen LogP contribution is -2.55. The third-order valence-corrected chi connectivity index (χ3v) is 5.29. The zero-order valence-electron chi connectivity index (χ0n) is 16.5. The van der Waals surface area contributed by atoms with E-state index in [1.165, 1.54) is 9.80 Å². The first-order valence-corrected chi connectivity index (χ1v) is 9.80. The number of nitriles is 2. The number of likely N-dealkylation sites (N-methyl/N-ethyl adjacent to an activating group) is 2. The molecule has 0 N–H and O–H groups in total. The van der Waals surface area contributed by atoms with Crippen LogP contribution in [0.4, 0.5) is 4.79 Å². The van der Waals surface area contributed by atoms with Gasteiger partial charge in [0.1, 0.15) is 4.99 Å². The number of amides is 3. The van der Waals surface area contributed by atoms with Gasteiger partial charge < -0.3 is 0 Å². The first kappa shape index (κ1) is 20.9. The molecule has 0 aliphatic carbocycles. The minimum absolute atomic E-state index is 0.168. The van der Waals surface area contributed by atoms with Crippen LogP contribution in [0, 0.1) is 22.7 Å². The van der Waals surface area contributed by atoms with Gasteiger partial charge in [0.2, 0.25) is 0 Å². The molecule has 6 nitrogen and oxygen atoms in total. The summed E-state index contributed by atoms with van der Waals surface area (Å²) in [5.74, 6) is -0.457. The van der Waals surface area contributed by atoms with Gasteiger partial charge in [-0.25, -0.2) is 4.79 Å². The molecule has 0 saturated carbocycles. The number of nitrogens with zero attached hydrogens (tertiary/aromatic N) is 4. The lowest BCUT2D eigenvalue weighted by molar-refractivity contribution is -0.124. The molecule has 2 aromatic rings. The summed E-state index contributed by atoms with van der Waals surface area (Å²) in [4.78, 5) is 28.7. The van der Waals surface area contributed by atoms with Crippen LogP contribution in [0.2, 0.25) is 0 Å². The molecule has 1 aliphatic heterocycles. The highest BCUT2D eigenvalue weighted by Gasteiger charge is 2.40. The molecular weight excluding hydrogens is 396 g/mol. The lowest BCUT2D eigenvalue weighted by Gasteiger charge is -2.36. The zero-order chi connectivity index (χ0) is 21.8. The Bertz CT molecular complexity index is 1050. The Labute approximate surface area is 180 Å². The molecule has 30 heavy (non-hydrogen) atoms. The Morgan fingerprint density at radius 3 is 1.63 bits per heavy atom. The molecule has 0 aromatic heterocycles. The molecule has 148 valence electrons. The molecule has 7 heteroatoms. The van der Waals surface area contributed by atoms with Crippen molar-refractivity contribution in [1.82, 2.24) is 9.80 Å². The number of hydrogen-bond donors (Lipinski definition) is 0. The largest absolute Gasteiger partial charge is 0.332 e. The van der Waals surface area contributed by atoms with E-state index in [2.05, 4.69) is 12.1 Å². The summed E-state index contributed by atoms with van der Waals surface area (Å²) in [7, 11) is 0. The van der Waals surface area contributed by atoms with E-state index in [1.54, 1.807) is 62.4 Å². The molecule has 3 amide bonds. The van der Waals surface area contributed by atoms with Gasteiger partial charge in [0.15, 0.2) is 0 Å². The molecule has 1 heterocycles. The summed E-state index contributed by atoms with van der Waals surface area (Å²) in [5, 5.41) is 18.2. The van der Waals surface area contributed by atoms with E-state index in [0.717, 1.165) is 0 Å². The van der Waals surface area contributed by atoms with E-state index in [0.29, 0.717) is 34.4 Å². The number of carbonyl (C=O) groups is 2. The van der Waals surface area contributed by atoms with Gasteiger partial charge in [0.05, 0.1) is 28.8 Å². The third kappa shape index (κ3) is 3.59. The molecule has 1 aliphatic rings. The van der Waals surface area contributed by atoms with Crippen molar-refractivity contribution in [2.45, 2.75) is 13.8 Å². The van der Waals surface area contributed by atoms with Gasteiger partial charge in [-0.2, -0.15) is 10.5 Å². The van der Waals surface area contributed by atoms with Crippen molar-refractivity contribution in [2.75, 3.05) is 13.1 Å². The number of rotatable bonds is 4. The molecule has 0 spiro atoms. The second-order valence-corrected chi connectivity index (χ2v) is 6.90. The van der Waals surface area contributed by atoms with Gasteiger partial charge in [0.25, 0.3) is 5.91 Å². The fourth-order valence-corrected chi connectivity index (χ4v) is 3.73. The van der Waals surface area contributed by atoms with Crippen LogP contribution in [0.1, 0.15) is 36.1 Å². The predicted molar refractivity (Wildman–Crippen MR) is 116 cm³/mol. The highest BCUT2D eigenvalue weighted by Crippen LogP contribution is 2.32. The average molecular weight is 414 g/mol. The number of carbonyl (C=O) groups excluding carboxylic acids is 2. The summed E-state index contributed by atoms with van der Waals surface area (Å²) in [6.07, 6.45) is 0. The smallest absolute Gasteiger partial charge is 0.284 e. The highest BCUT2D eigenvalue weighted by molar-refractivity contribution is 7.81. The summed E-state index contributed by atoms with van der Waals surface area (Å²) < 4.78 is 0. The molecule has 2 aromatic carbocycles. The number of urea groups is 1. The molecular formula is C23H18N4O2S. The number of imide groups is 1. The summed E-state index contributed by atoms with van der Waals surface area (Å²) in [5.41, 5.74) is 3.16. The number of thiocarbonyl (C=S) groups is 1. The van der Waals surface area contributed by atoms with E-state index in [9.17, 15) is 9.59 Å². The van der Waals surface area contributed by atoms with Crippen LogP contribution in [0.5, 0.6) is 0 Å². The Morgan fingerprint density at radius 2 is 1.27 bits per heavy atom. The van der Waals surface area contributed by atoms with Crippen molar-refractivity contribution in [1.29, 1.82) is 10.5 Å². The number of benzene rings is 2. The predicted octanol–water partition coefficient (Wildman–Crippen LogP) is 3.86. The molecule has 0 atom stereocenters. The van der Waals surface area contributed by atoms with Gasteiger partial charge in [0, 0.05) is 18.7 Å². The molecule has 1 fully saturated rings. The Kier molecular flexibility index (Phi) is 6.06. The number of hydrogen-bond acceptors (Lipinski definition) is 5. The van der Waals surface area contributed by atoms with Crippen LogP contribution in [-0.2, 0) is 4.79 Å². The summed E-state index contributed by atoms with van der Waals surface area (Å²) in [6, 6.07) is 17.4. The van der Waals surface area contributed by atoms with Crippen molar-refractivity contribution >= 4 is 34.7 Å². The standard InChI is InChI=1S/C23H18N4O2S/c1-3-26-21(28)20(22(30)27(4-2)23(26)29)19(17-9-5-15(13-24)6-10-17)18-11-7-16(14-25)8-12-18/h5-12H,3-4H2,1-2H3. The maximum atomic E-state index is 13.3.